The summed E-state index contributed by atoms with van der Waals surface area (Å²) in [6, 6.07) is 5.55. The number of nitrogens with two attached hydrogens (primary N) is 1. The van der Waals surface area contributed by atoms with Gasteiger partial charge in [0.15, 0.2) is 11.4 Å². The van der Waals surface area contributed by atoms with Crippen molar-refractivity contribution >= 4 is 17.8 Å². The molecule has 2 amide bonds. The zero-order chi connectivity index (χ0) is 36.1. The number of aliphatic hydroxyl groups is 1. The number of rotatable bonds is 27. The van der Waals surface area contributed by atoms with Gasteiger partial charge in [0.05, 0.1) is 25.7 Å². The number of carboxylic acid groups (broad SMARTS) is 1. The lowest BCUT2D eigenvalue weighted by atomic mass is 9.82. The average Bonchev–Trinajstić information content (AvgIpc) is 3.52. The fraction of sp³-hybridized carbons (Fsp3) is 0.703. The second-order valence-electron chi connectivity index (χ2n) is 13.0. The Labute approximate surface area is 290 Å². The first-order valence-corrected chi connectivity index (χ1v) is 18.0. The topological polar surface area (TPSA) is 157 Å². The molecule has 0 aromatic heterocycles. The Bertz CT molecular complexity index is 1140. The molecule has 1 aliphatic rings. The number of amides is 2. The highest BCUT2D eigenvalue weighted by atomic mass is 19.3. The minimum atomic E-state index is -3.21. The van der Waals surface area contributed by atoms with Crippen molar-refractivity contribution in [3.05, 3.63) is 42.0 Å². The number of unbranched alkanes of at least 4 members (excludes halogenated alkanes) is 9. The molecular formula is C37H58F2N2O8. The molecule has 1 aromatic rings. The van der Waals surface area contributed by atoms with E-state index in [-0.39, 0.29) is 6.42 Å². The van der Waals surface area contributed by atoms with E-state index in [0.29, 0.717) is 44.0 Å². The molecule has 0 radical (unpaired) electrons. The summed E-state index contributed by atoms with van der Waals surface area (Å²) in [4.78, 5) is 37.8. The van der Waals surface area contributed by atoms with Crippen molar-refractivity contribution in [1.82, 2.24) is 5.32 Å². The van der Waals surface area contributed by atoms with E-state index >= 15 is 0 Å². The number of hydrogen-bond acceptors (Lipinski definition) is 7. The second kappa shape index (κ2) is 22.6. The Kier molecular flexibility index (Phi) is 19.4. The predicted octanol–water partition coefficient (Wildman–Crippen LogP) is 6.47. The van der Waals surface area contributed by atoms with Gasteiger partial charge in [-0.25, -0.2) is 13.6 Å². The van der Waals surface area contributed by atoms with Crippen LogP contribution < -0.4 is 15.8 Å². The summed E-state index contributed by atoms with van der Waals surface area (Å²) in [5.74, 6) is -5.74. The molecule has 1 aliphatic heterocycles. The monoisotopic (exact) mass is 696 g/mol. The standard InChI is InChI=1S/C37H58F2N2O8/c1-3-5-7-11-14-21-36(48-24-25-49-36)22-15-12-9-8-10-13-16-30(37(46,35(44)45)27-32(38)39)34(43)41-31(33(40)42)26-28-17-19-29(20-18-28)47-23-6-4-2/h13,16-20,30-32,46H,3-12,14-15,21-27H2,1-2H3,(H2,40,42)(H,41,43)(H,44,45)/t30-,31+,37+/m1/s1. The van der Waals surface area contributed by atoms with Crippen LogP contribution >= 0.6 is 0 Å². The van der Waals surface area contributed by atoms with E-state index in [4.69, 9.17) is 19.9 Å². The first kappa shape index (κ1) is 42.1. The minimum absolute atomic E-state index is 0.0384. The van der Waals surface area contributed by atoms with Crippen LogP contribution in [-0.4, -0.2) is 71.7 Å². The van der Waals surface area contributed by atoms with Crippen molar-refractivity contribution < 1.29 is 47.6 Å². The normalized spacial score (nSPS) is 16.8. The number of nitrogens with one attached hydrogen (secondary N) is 1. The SMILES string of the molecule is CCCCCCCC1(CCCCCCC=C[C@H](C(=O)N[C@@H](Cc2ccc(OCCCC)cc2)C(N)=O)[C@@](O)(CC(F)F)C(=O)O)OCCO1. The van der Waals surface area contributed by atoms with Crippen LogP contribution in [0.25, 0.3) is 0 Å². The number of halogens is 2. The Balaban J connectivity index is 1.99. The van der Waals surface area contributed by atoms with Crippen LogP contribution in [-0.2, 0) is 30.3 Å². The number of allylic oxidation sites excluding steroid dienone is 1. The first-order chi connectivity index (χ1) is 23.5. The van der Waals surface area contributed by atoms with Gasteiger partial charge in [0.25, 0.3) is 0 Å². The zero-order valence-electron chi connectivity index (χ0n) is 29.3. The lowest BCUT2D eigenvalue weighted by Crippen LogP contribution is -2.56. The van der Waals surface area contributed by atoms with Gasteiger partial charge < -0.3 is 35.5 Å². The van der Waals surface area contributed by atoms with Crippen molar-refractivity contribution in [2.75, 3.05) is 19.8 Å². The lowest BCUT2D eigenvalue weighted by molar-refractivity contribution is -0.171. The number of ether oxygens (including phenoxy) is 3. The van der Waals surface area contributed by atoms with Crippen molar-refractivity contribution in [3.8, 4) is 5.75 Å². The molecule has 1 heterocycles. The van der Waals surface area contributed by atoms with Crippen LogP contribution in [0.15, 0.2) is 36.4 Å². The molecule has 49 heavy (non-hydrogen) atoms. The van der Waals surface area contributed by atoms with Crippen LogP contribution in [0.3, 0.4) is 0 Å². The van der Waals surface area contributed by atoms with Crippen molar-refractivity contribution in [1.29, 1.82) is 0 Å². The average molecular weight is 697 g/mol. The summed E-state index contributed by atoms with van der Waals surface area (Å²) < 4.78 is 44.5. The number of benzene rings is 1. The van der Waals surface area contributed by atoms with Gasteiger partial charge >= 0.3 is 5.97 Å². The highest BCUT2D eigenvalue weighted by molar-refractivity contribution is 5.93. The Hall–Kier alpha value is -3.09. The van der Waals surface area contributed by atoms with Gasteiger partial charge in [-0.2, -0.15) is 0 Å². The van der Waals surface area contributed by atoms with Crippen LogP contribution in [0.2, 0.25) is 0 Å². The summed E-state index contributed by atoms with van der Waals surface area (Å²) in [6.45, 7) is 6.00. The van der Waals surface area contributed by atoms with Gasteiger partial charge in [0.2, 0.25) is 18.2 Å². The molecule has 10 nitrogen and oxygen atoms in total. The largest absolute Gasteiger partial charge is 0.494 e. The van der Waals surface area contributed by atoms with Crippen LogP contribution in [0.1, 0.15) is 116 Å². The van der Waals surface area contributed by atoms with Crippen molar-refractivity contribution in [2.45, 2.75) is 140 Å². The molecule has 1 aromatic carbocycles. The lowest BCUT2D eigenvalue weighted by Gasteiger charge is -2.30. The fourth-order valence-corrected chi connectivity index (χ4v) is 5.97. The minimum Gasteiger partial charge on any atom is -0.494 e. The smallest absolute Gasteiger partial charge is 0.337 e. The van der Waals surface area contributed by atoms with E-state index in [0.717, 1.165) is 63.9 Å². The second-order valence-corrected chi connectivity index (χ2v) is 13.0. The molecule has 0 bridgehead atoms. The first-order valence-electron chi connectivity index (χ1n) is 18.0. The van der Waals surface area contributed by atoms with E-state index in [1.165, 1.54) is 25.3 Å². The predicted molar refractivity (Wildman–Crippen MR) is 183 cm³/mol. The zero-order valence-corrected chi connectivity index (χ0v) is 29.3. The summed E-state index contributed by atoms with van der Waals surface area (Å²) in [7, 11) is 0. The van der Waals surface area contributed by atoms with E-state index in [9.17, 15) is 33.4 Å². The Morgan fingerprint density at radius 3 is 2.10 bits per heavy atom. The molecule has 278 valence electrons. The molecule has 2 rings (SSSR count). The maximum atomic E-state index is 13.5. The third-order valence-corrected chi connectivity index (χ3v) is 8.90. The summed E-state index contributed by atoms with van der Waals surface area (Å²) in [5.41, 5.74) is 3.07. The number of aliphatic carboxylic acids is 1. The van der Waals surface area contributed by atoms with E-state index in [2.05, 4.69) is 12.2 Å². The molecule has 1 saturated heterocycles. The van der Waals surface area contributed by atoms with E-state index in [1.807, 2.05) is 6.92 Å². The highest BCUT2D eigenvalue weighted by Gasteiger charge is 2.49. The van der Waals surface area contributed by atoms with Gasteiger partial charge in [-0.05, 0) is 49.8 Å². The van der Waals surface area contributed by atoms with Gasteiger partial charge in [-0.15, -0.1) is 0 Å². The molecule has 3 atom stereocenters. The molecule has 5 N–H and O–H groups in total. The highest BCUT2D eigenvalue weighted by Crippen LogP contribution is 2.32. The van der Waals surface area contributed by atoms with Gasteiger partial charge in [0, 0.05) is 25.7 Å². The van der Waals surface area contributed by atoms with Gasteiger partial charge in [-0.3, -0.25) is 9.59 Å². The number of carbonyl (C=O) groups excluding carboxylic acids is 2. The third-order valence-electron chi connectivity index (χ3n) is 8.90. The van der Waals surface area contributed by atoms with Crippen LogP contribution in [0.5, 0.6) is 5.75 Å². The van der Waals surface area contributed by atoms with Gasteiger partial charge in [0.1, 0.15) is 11.8 Å². The number of primary amides is 1. The number of carbonyl (C=O) groups is 3. The number of carboxylic acids is 1. The van der Waals surface area contributed by atoms with Crippen molar-refractivity contribution in [3.63, 3.8) is 0 Å². The van der Waals surface area contributed by atoms with E-state index < -0.39 is 54.0 Å². The molecule has 0 saturated carbocycles. The third kappa shape index (κ3) is 15.1. The number of hydrogen-bond donors (Lipinski definition) is 4. The summed E-state index contributed by atoms with van der Waals surface area (Å²) >= 11 is 0. The van der Waals surface area contributed by atoms with Crippen LogP contribution in [0, 0.1) is 5.92 Å². The van der Waals surface area contributed by atoms with Gasteiger partial charge in [-0.1, -0.05) is 83.1 Å². The maximum Gasteiger partial charge on any atom is 0.337 e. The fourth-order valence-electron chi connectivity index (χ4n) is 5.97. The van der Waals surface area contributed by atoms with Crippen LogP contribution in [0.4, 0.5) is 8.78 Å². The maximum absolute atomic E-state index is 13.5. The summed E-state index contributed by atoms with van der Waals surface area (Å²) in [6.07, 6.45) is 11.1. The summed E-state index contributed by atoms with van der Waals surface area (Å²) in [5, 5.41) is 23.1. The molecule has 1 fully saturated rings. The molecular weight excluding hydrogens is 638 g/mol. The Morgan fingerprint density at radius 2 is 1.55 bits per heavy atom. The molecule has 12 heteroatoms. The van der Waals surface area contributed by atoms with Crippen molar-refractivity contribution in [2.24, 2.45) is 11.7 Å². The molecule has 0 unspecified atom stereocenters. The molecule has 0 spiro atoms. The number of alkyl halides is 2. The quantitative estimate of drug-likeness (QED) is 0.0603. The van der Waals surface area contributed by atoms with E-state index in [1.54, 1.807) is 24.3 Å². The molecule has 0 aliphatic carbocycles. The Morgan fingerprint density at radius 1 is 0.959 bits per heavy atom.